The molecule has 0 bridgehead atoms. The van der Waals surface area contributed by atoms with Crippen LogP contribution in [0.2, 0.25) is 0 Å². The molecule has 3 heteroatoms. The van der Waals surface area contributed by atoms with Crippen molar-refractivity contribution < 1.29 is 9.90 Å². The van der Waals surface area contributed by atoms with Crippen molar-refractivity contribution in [3.63, 3.8) is 0 Å². The lowest BCUT2D eigenvalue weighted by Crippen LogP contribution is -2.14. The largest absolute Gasteiger partial charge is 0.507 e. The molecule has 0 aliphatic heterocycles. The third-order valence-corrected chi connectivity index (χ3v) is 4.55. The van der Waals surface area contributed by atoms with E-state index in [-0.39, 0.29) is 17.7 Å². The Kier molecular flexibility index (Phi) is 8.30. The van der Waals surface area contributed by atoms with Crippen LogP contribution in [0.1, 0.15) is 102 Å². The Morgan fingerprint density at radius 2 is 1.75 bits per heavy atom. The summed E-state index contributed by atoms with van der Waals surface area (Å²) in [5.41, 5.74) is 3.93. The number of carbonyl (C=O) groups is 1. The molecule has 0 heterocycles. The van der Waals surface area contributed by atoms with E-state index in [4.69, 9.17) is 0 Å². The lowest BCUT2D eigenvalue weighted by atomic mass is 9.86. The third kappa shape index (κ3) is 5.25. The van der Waals surface area contributed by atoms with Crippen LogP contribution in [0, 0.1) is 0 Å². The van der Waals surface area contributed by atoms with E-state index in [9.17, 15) is 9.90 Å². The maximum absolute atomic E-state index is 12.0. The van der Waals surface area contributed by atoms with Crippen LogP contribution >= 0.6 is 0 Å². The Morgan fingerprint density at radius 1 is 1.08 bits per heavy atom. The number of hydrogen-bond acceptors (Lipinski definition) is 2. The Labute approximate surface area is 147 Å². The van der Waals surface area contributed by atoms with Gasteiger partial charge in [0.05, 0.1) is 0 Å². The number of carbonyl (C=O) groups excluding carboxylic acids is 1. The van der Waals surface area contributed by atoms with Crippen LogP contribution in [-0.2, 0) is 11.2 Å². The number of rotatable bonds is 9. The van der Waals surface area contributed by atoms with Gasteiger partial charge in [0.25, 0.3) is 0 Å². The van der Waals surface area contributed by atoms with Gasteiger partial charge in [-0.2, -0.15) is 0 Å². The van der Waals surface area contributed by atoms with Crippen LogP contribution in [0.4, 0.5) is 5.69 Å². The molecule has 0 saturated heterocycles. The summed E-state index contributed by atoms with van der Waals surface area (Å²) in [7, 11) is 0. The lowest BCUT2D eigenvalue weighted by Gasteiger charge is -2.23. The topological polar surface area (TPSA) is 49.3 Å². The van der Waals surface area contributed by atoms with Crippen LogP contribution in [0.15, 0.2) is 6.07 Å². The van der Waals surface area contributed by atoms with Crippen molar-refractivity contribution in [2.45, 2.75) is 91.9 Å². The van der Waals surface area contributed by atoms with Crippen LogP contribution in [0.3, 0.4) is 0 Å². The Morgan fingerprint density at radius 3 is 2.25 bits per heavy atom. The van der Waals surface area contributed by atoms with Crippen molar-refractivity contribution in [1.29, 1.82) is 0 Å². The first-order chi connectivity index (χ1) is 11.3. The van der Waals surface area contributed by atoms with E-state index in [2.05, 4.69) is 39.9 Å². The molecular weight excluding hydrogens is 298 g/mol. The van der Waals surface area contributed by atoms with Gasteiger partial charge in [-0.15, -0.1) is 0 Å². The number of aromatic hydroxyl groups is 1. The number of amides is 1. The minimum absolute atomic E-state index is 0.0277. The van der Waals surface area contributed by atoms with Gasteiger partial charge in [0.2, 0.25) is 5.91 Å². The van der Waals surface area contributed by atoms with Gasteiger partial charge in [-0.1, -0.05) is 60.8 Å². The summed E-state index contributed by atoms with van der Waals surface area (Å²) in [4.78, 5) is 12.0. The molecule has 1 aromatic carbocycles. The quantitative estimate of drug-likeness (QED) is 0.423. The van der Waals surface area contributed by atoms with Gasteiger partial charge in [0.15, 0.2) is 0 Å². The van der Waals surface area contributed by atoms with Gasteiger partial charge in [0.1, 0.15) is 5.75 Å². The highest BCUT2D eigenvalue weighted by Crippen LogP contribution is 2.41. The van der Waals surface area contributed by atoms with Crippen molar-refractivity contribution in [3.05, 3.63) is 22.8 Å². The van der Waals surface area contributed by atoms with E-state index in [1.54, 1.807) is 0 Å². The third-order valence-electron chi connectivity index (χ3n) is 4.55. The number of phenols is 1. The molecule has 1 aromatic rings. The summed E-state index contributed by atoms with van der Waals surface area (Å²) in [5, 5.41) is 13.9. The predicted octanol–water partition coefficient (Wildman–Crippen LogP) is 6.11. The number of phenolic OH excluding ortho intramolecular Hbond substituents is 1. The Hall–Kier alpha value is -1.51. The lowest BCUT2D eigenvalue weighted by molar-refractivity contribution is -0.115. The summed E-state index contributed by atoms with van der Waals surface area (Å²) in [6.45, 7) is 12.4. The van der Waals surface area contributed by atoms with Gasteiger partial charge in [-0.25, -0.2) is 0 Å². The van der Waals surface area contributed by atoms with Crippen molar-refractivity contribution in [3.8, 4) is 5.75 Å². The SMILES string of the molecule is CCCCCCc1c(NC(=O)CC)cc(C(C)C)c(O)c1C(C)C. The highest BCUT2D eigenvalue weighted by Gasteiger charge is 2.21. The number of anilines is 1. The number of nitrogens with one attached hydrogen (secondary N) is 1. The first-order valence-electron chi connectivity index (χ1n) is 9.51. The summed E-state index contributed by atoms with van der Waals surface area (Å²) in [6, 6.07) is 1.98. The van der Waals surface area contributed by atoms with Gasteiger partial charge in [-0.3, -0.25) is 4.79 Å². The fourth-order valence-electron chi connectivity index (χ4n) is 3.16. The average molecular weight is 334 g/mol. The zero-order chi connectivity index (χ0) is 18.3. The van der Waals surface area contributed by atoms with Crippen molar-refractivity contribution in [1.82, 2.24) is 0 Å². The Bertz CT molecular complexity index is 547. The second kappa shape index (κ2) is 9.71. The molecule has 0 aliphatic carbocycles. The second-order valence-corrected chi connectivity index (χ2v) is 7.28. The molecular formula is C21H35NO2. The van der Waals surface area contributed by atoms with E-state index >= 15 is 0 Å². The molecule has 0 fully saturated rings. The van der Waals surface area contributed by atoms with Gasteiger partial charge in [-0.05, 0) is 41.9 Å². The molecule has 0 radical (unpaired) electrons. The molecule has 1 amide bonds. The zero-order valence-electron chi connectivity index (χ0n) is 16.3. The summed E-state index contributed by atoms with van der Waals surface area (Å²) < 4.78 is 0. The molecule has 0 aromatic heterocycles. The zero-order valence-corrected chi connectivity index (χ0v) is 16.3. The van der Waals surface area contributed by atoms with Crippen LogP contribution in [0.25, 0.3) is 0 Å². The van der Waals surface area contributed by atoms with E-state index in [0.717, 1.165) is 35.2 Å². The molecule has 2 N–H and O–H groups in total. The summed E-state index contributed by atoms with van der Waals surface area (Å²) in [5.74, 6) is 0.885. The molecule has 3 nitrogen and oxygen atoms in total. The number of benzene rings is 1. The number of unbranched alkanes of at least 4 members (excludes halogenated alkanes) is 3. The highest BCUT2D eigenvalue weighted by molar-refractivity contribution is 5.92. The summed E-state index contributed by atoms with van der Waals surface area (Å²) in [6.07, 6.45) is 6.06. The monoisotopic (exact) mass is 333 g/mol. The fourth-order valence-corrected chi connectivity index (χ4v) is 3.16. The summed E-state index contributed by atoms with van der Waals surface area (Å²) >= 11 is 0. The average Bonchev–Trinajstić information content (AvgIpc) is 2.52. The van der Waals surface area contributed by atoms with Crippen LogP contribution < -0.4 is 5.32 Å². The predicted molar refractivity (Wildman–Crippen MR) is 103 cm³/mol. The molecule has 0 saturated carbocycles. The van der Waals surface area contributed by atoms with Crippen molar-refractivity contribution in [2.24, 2.45) is 0 Å². The Balaban J connectivity index is 3.35. The molecule has 0 atom stereocenters. The van der Waals surface area contributed by atoms with Crippen molar-refractivity contribution >= 4 is 11.6 Å². The van der Waals surface area contributed by atoms with Crippen LogP contribution in [-0.4, -0.2) is 11.0 Å². The van der Waals surface area contributed by atoms with Crippen LogP contribution in [0.5, 0.6) is 5.75 Å². The fraction of sp³-hybridized carbons (Fsp3) is 0.667. The van der Waals surface area contributed by atoms with E-state index in [1.165, 1.54) is 19.3 Å². The molecule has 24 heavy (non-hydrogen) atoms. The maximum atomic E-state index is 12.0. The normalized spacial score (nSPS) is 11.3. The maximum Gasteiger partial charge on any atom is 0.224 e. The highest BCUT2D eigenvalue weighted by atomic mass is 16.3. The molecule has 0 unspecified atom stereocenters. The van der Waals surface area contributed by atoms with Crippen molar-refractivity contribution in [2.75, 3.05) is 5.32 Å². The molecule has 0 aliphatic rings. The second-order valence-electron chi connectivity index (χ2n) is 7.28. The molecule has 0 spiro atoms. The number of hydrogen-bond donors (Lipinski definition) is 2. The first-order valence-corrected chi connectivity index (χ1v) is 9.51. The van der Waals surface area contributed by atoms with E-state index < -0.39 is 0 Å². The molecule has 1 rings (SSSR count). The van der Waals surface area contributed by atoms with Gasteiger partial charge in [0, 0.05) is 17.7 Å². The first kappa shape index (κ1) is 20.5. The van der Waals surface area contributed by atoms with E-state index in [0.29, 0.717) is 12.2 Å². The smallest absolute Gasteiger partial charge is 0.224 e. The minimum atomic E-state index is 0.0277. The standard InChI is InChI=1S/C21H35NO2/c1-7-9-10-11-12-16-18(22-19(23)8-2)13-17(14(3)4)21(24)20(16)15(5)6/h13-15,24H,7-12H2,1-6H3,(H,22,23). The van der Waals surface area contributed by atoms with E-state index in [1.807, 2.05) is 13.0 Å². The van der Waals surface area contributed by atoms with Gasteiger partial charge < -0.3 is 10.4 Å². The van der Waals surface area contributed by atoms with Gasteiger partial charge >= 0.3 is 0 Å². The molecule has 136 valence electrons. The minimum Gasteiger partial charge on any atom is -0.507 e.